The molecule has 0 radical (unpaired) electrons. The van der Waals surface area contributed by atoms with Crippen molar-refractivity contribution in [1.29, 1.82) is 0 Å². The zero-order chi connectivity index (χ0) is 11.5. The normalized spacial score (nSPS) is 22.9. The van der Waals surface area contributed by atoms with Gasteiger partial charge in [0.05, 0.1) is 13.2 Å². The number of fused-ring (bicyclic) bond motifs is 1. The first-order valence-electron chi connectivity index (χ1n) is 6.83. The fourth-order valence-corrected chi connectivity index (χ4v) is 2.93. The Morgan fingerprint density at radius 3 is 3.00 bits per heavy atom. The fraction of sp³-hybridized carbons (Fsp3) is 0.600. The first-order chi connectivity index (χ1) is 8.42. The first-order valence-corrected chi connectivity index (χ1v) is 6.83. The predicted octanol–water partition coefficient (Wildman–Crippen LogP) is 2.44. The van der Waals surface area contributed by atoms with E-state index in [1.54, 1.807) is 11.1 Å². The SMILES string of the molecule is c1cc2c(cc1COCC1CCCN1)CCC2. The van der Waals surface area contributed by atoms with Crippen LogP contribution in [0.15, 0.2) is 18.2 Å². The van der Waals surface area contributed by atoms with Crippen molar-refractivity contribution >= 4 is 0 Å². The lowest BCUT2D eigenvalue weighted by atomic mass is 10.1. The summed E-state index contributed by atoms with van der Waals surface area (Å²) >= 11 is 0. The predicted molar refractivity (Wildman–Crippen MR) is 69.1 cm³/mol. The smallest absolute Gasteiger partial charge is 0.0717 e. The van der Waals surface area contributed by atoms with Gasteiger partial charge in [0.2, 0.25) is 0 Å². The van der Waals surface area contributed by atoms with Crippen molar-refractivity contribution in [3.8, 4) is 0 Å². The van der Waals surface area contributed by atoms with Crippen molar-refractivity contribution in [3.63, 3.8) is 0 Å². The van der Waals surface area contributed by atoms with E-state index >= 15 is 0 Å². The van der Waals surface area contributed by atoms with Gasteiger partial charge in [0.1, 0.15) is 0 Å². The summed E-state index contributed by atoms with van der Waals surface area (Å²) < 4.78 is 5.80. The van der Waals surface area contributed by atoms with Gasteiger partial charge in [0, 0.05) is 6.04 Å². The molecule has 1 aliphatic carbocycles. The van der Waals surface area contributed by atoms with Crippen molar-refractivity contribution in [2.24, 2.45) is 0 Å². The lowest BCUT2D eigenvalue weighted by molar-refractivity contribution is 0.103. The lowest BCUT2D eigenvalue weighted by Gasteiger charge is -2.11. The second-order valence-electron chi connectivity index (χ2n) is 5.27. The van der Waals surface area contributed by atoms with Gasteiger partial charge in [-0.15, -0.1) is 0 Å². The van der Waals surface area contributed by atoms with E-state index < -0.39 is 0 Å². The van der Waals surface area contributed by atoms with Crippen molar-refractivity contribution < 1.29 is 4.74 Å². The van der Waals surface area contributed by atoms with E-state index in [0.29, 0.717) is 6.04 Å². The summed E-state index contributed by atoms with van der Waals surface area (Å²) in [5.41, 5.74) is 4.43. The van der Waals surface area contributed by atoms with E-state index in [2.05, 4.69) is 23.5 Å². The molecular formula is C15H21NO. The highest BCUT2D eigenvalue weighted by molar-refractivity contribution is 5.34. The zero-order valence-electron chi connectivity index (χ0n) is 10.4. The van der Waals surface area contributed by atoms with Crippen LogP contribution in [0.25, 0.3) is 0 Å². The summed E-state index contributed by atoms with van der Waals surface area (Å²) in [5, 5.41) is 3.46. The molecule has 1 heterocycles. The standard InChI is InChI=1S/C15H21NO/c1-3-13-7-6-12(9-14(13)4-1)10-17-11-15-5-2-8-16-15/h6-7,9,15-16H,1-5,8,10-11H2. The molecule has 0 bridgehead atoms. The van der Waals surface area contributed by atoms with Gasteiger partial charge in [-0.2, -0.15) is 0 Å². The molecule has 2 nitrogen and oxygen atoms in total. The second-order valence-corrected chi connectivity index (χ2v) is 5.27. The maximum Gasteiger partial charge on any atom is 0.0717 e. The molecule has 1 N–H and O–H groups in total. The Morgan fingerprint density at radius 2 is 2.12 bits per heavy atom. The third-order valence-electron chi connectivity index (χ3n) is 3.91. The minimum atomic E-state index is 0.587. The highest BCUT2D eigenvalue weighted by Crippen LogP contribution is 2.23. The van der Waals surface area contributed by atoms with E-state index in [-0.39, 0.29) is 0 Å². The minimum Gasteiger partial charge on any atom is -0.375 e. The van der Waals surface area contributed by atoms with Gasteiger partial charge < -0.3 is 10.1 Å². The molecule has 92 valence electrons. The quantitative estimate of drug-likeness (QED) is 0.859. The summed E-state index contributed by atoms with van der Waals surface area (Å²) in [6.45, 7) is 2.79. The molecule has 1 atom stereocenters. The topological polar surface area (TPSA) is 21.3 Å². The van der Waals surface area contributed by atoms with Gasteiger partial charge >= 0.3 is 0 Å². The zero-order valence-corrected chi connectivity index (χ0v) is 10.4. The maximum atomic E-state index is 5.80. The van der Waals surface area contributed by atoms with Gasteiger partial charge in [0.15, 0.2) is 0 Å². The molecule has 1 fully saturated rings. The van der Waals surface area contributed by atoms with E-state index in [4.69, 9.17) is 4.74 Å². The third kappa shape index (κ3) is 2.70. The monoisotopic (exact) mass is 231 g/mol. The number of nitrogens with one attached hydrogen (secondary N) is 1. The molecule has 0 saturated carbocycles. The van der Waals surface area contributed by atoms with Crippen LogP contribution < -0.4 is 5.32 Å². The van der Waals surface area contributed by atoms with Crippen molar-refractivity contribution in [1.82, 2.24) is 5.32 Å². The summed E-state index contributed by atoms with van der Waals surface area (Å²) in [4.78, 5) is 0. The Balaban J connectivity index is 1.51. The molecule has 1 unspecified atom stereocenters. The van der Waals surface area contributed by atoms with Crippen molar-refractivity contribution in [2.75, 3.05) is 13.2 Å². The first kappa shape index (κ1) is 11.2. The molecule has 3 rings (SSSR count). The Hall–Kier alpha value is -0.860. The highest BCUT2D eigenvalue weighted by atomic mass is 16.5. The van der Waals surface area contributed by atoms with Crippen LogP contribution in [0.2, 0.25) is 0 Å². The summed E-state index contributed by atoms with van der Waals surface area (Å²) in [6.07, 6.45) is 6.42. The number of rotatable bonds is 4. The van der Waals surface area contributed by atoms with Crippen LogP contribution in [0.1, 0.15) is 36.0 Å². The number of hydrogen-bond acceptors (Lipinski definition) is 2. The summed E-state index contributed by atoms with van der Waals surface area (Å²) in [6, 6.07) is 7.44. The minimum absolute atomic E-state index is 0.587. The van der Waals surface area contributed by atoms with E-state index in [1.807, 2.05) is 0 Å². The number of ether oxygens (including phenoxy) is 1. The summed E-state index contributed by atoms with van der Waals surface area (Å²) in [5.74, 6) is 0. The fourth-order valence-electron chi connectivity index (χ4n) is 2.93. The van der Waals surface area contributed by atoms with Crippen LogP contribution in [0, 0.1) is 0 Å². The Kier molecular flexibility index (Phi) is 3.44. The van der Waals surface area contributed by atoms with Gasteiger partial charge in [-0.05, 0) is 55.3 Å². The molecule has 1 aromatic carbocycles. The lowest BCUT2D eigenvalue weighted by Crippen LogP contribution is -2.26. The van der Waals surface area contributed by atoms with Crippen LogP contribution >= 0.6 is 0 Å². The average molecular weight is 231 g/mol. The second kappa shape index (κ2) is 5.19. The van der Waals surface area contributed by atoms with Crippen LogP contribution in [-0.4, -0.2) is 19.2 Å². The Morgan fingerprint density at radius 1 is 1.18 bits per heavy atom. The number of aryl methyl sites for hydroxylation is 2. The van der Waals surface area contributed by atoms with Crippen molar-refractivity contribution in [3.05, 3.63) is 34.9 Å². The van der Waals surface area contributed by atoms with Crippen LogP contribution in [-0.2, 0) is 24.2 Å². The number of hydrogen-bond donors (Lipinski definition) is 1. The third-order valence-corrected chi connectivity index (χ3v) is 3.91. The van der Waals surface area contributed by atoms with E-state index in [0.717, 1.165) is 19.8 Å². The van der Waals surface area contributed by atoms with Crippen molar-refractivity contribution in [2.45, 2.75) is 44.8 Å². The molecule has 2 heteroatoms. The summed E-state index contributed by atoms with van der Waals surface area (Å²) in [7, 11) is 0. The molecule has 1 saturated heterocycles. The number of benzene rings is 1. The van der Waals surface area contributed by atoms with Gasteiger partial charge in [-0.25, -0.2) is 0 Å². The Bertz CT molecular complexity index is 383. The molecule has 1 aromatic rings. The molecule has 0 spiro atoms. The van der Waals surface area contributed by atoms with Gasteiger partial charge in [-0.1, -0.05) is 18.2 Å². The van der Waals surface area contributed by atoms with Crippen LogP contribution in [0.3, 0.4) is 0 Å². The molecule has 0 amide bonds. The molecular weight excluding hydrogens is 210 g/mol. The molecule has 1 aliphatic heterocycles. The maximum absolute atomic E-state index is 5.80. The van der Waals surface area contributed by atoms with E-state index in [9.17, 15) is 0 Å². The van der Waals surface area contributed by atoms with Crippen LogP contribution in [0.5, 0.6) is 0 Å². The average Bonchev–Trinajstić information content (AvgIpc) is 2.98. The van der Waals surface area contributed by atoms with Crippen LogP contribution in [0.4, 0.5) is 0 Å². The molecule has 2 aliphatic rings. The largest absolute Gasteiger partial charge is 0.375 e. The van der Waals surface area contributed by atoms with Gasteiger partial charge in [-0.3, -0.25) is 0 Å². The highest BCUT2D eigenvalue weighted by Gasteiger charge is 2.14. The molecule has 17 heavy (non-hydrogen) atoms. The van der Waals surface area contributed by atoms with Gasteiger partial charge in [0.25, 0.3) is 0 Å². The molecule has 0 aromatic heterocycles. The van der Waals surface area contributed by atoms with E-state index in [1.165, 1.54) is 37.7 Å². The Labute approximate surface area is 103 Å².